The molecule has 0 atom stereocenters. The van der Waals surface area contributed by atoms with Gasteiger partial charge in [0.05, 0.1) is 34.9 Å². The molecule has 0 aliphatic heterocycles. The molecular formula is C22H18N2O4S. The fourth-order valence-electron chi connectivity index (χ4n) is 3.79. The Morgan fingerprint density at radius 3 is 2.69 bits per heavy atom. The highest BCUT2D eigenvalue weighted by Crippen LogP contribution is 2.38. The number of benzene rings is 2. The van der Waals surface area contributed by atoms with Crippen molar-refractivity contribution in [2.75, 3.05) is 7.11 Å². The van der Waals surface area contributed by atoms with Crippen LogP contribution >= 0.6 is 0 Å². The lowest BCUT2D eigenvalue weighted by Gasteiger charge is -2.13. The minimum atomic E-state index is -4.04. The van der Waals surface area contributed by atoms with Crippen molar-refractivity contribution in [1.82, 2.24) is 3.97 Å². The molecule has 0 saturated carbocycles. The first-order valence-electron chi connectivity index (χ1n) is 9.14. The summed E-state index contributed by atoms with van der Waals surface area (Å²) in [5.74, 6) is -0.569. The molecule has 2 aromatic carbocycles. The van der Waals surface area contributed by atoms with E-state index in [1.165, 1.54) is 31.5 Å². The topological polar surface area (TPSA) is 89.2 Å². The lowest BCUT2D eigenvalue weighted by molar-refractivity contribution is 0.0599. The average molecular weight is 406 g/mol. The largest absolute Gasteiger partial charge is 0.465 e. The van der Waals surface area contributed by atoms with Crippen LogP contribution in [0.2, 0.25) is 0 Å². The van der Waals surface area contributed by atoms with Gasteiger partial charge in [0, 0.05) is 11.8 Å². The van der Waals surface area contributed by atoms with E-state index < -0.39 is 16.0 Å². The molecule has 0 unspecified atom stereocenters. The summed E-state index contributed by atoms with van der Waals surface area (Å²) in [7, 11) is -2.76. The number of hydrogen-bond acceptors (Lipinski definition) is 5. The fourth-order valence-corrected chi connectivity index (χ4v) is 5.24. The SMILES string of the molecule is COC(=O)c1cn(S(=O)(=O)c2cccc(C#N)c2)c2c1CCCc1ccccc1-2. The molecule has 1 heterocycles. The van der Waals surface area contributed by atoms with Gasteiger partial charge in [-0.2, -0.15) is 5.26 Å². The van der Waals surface area contributed by atoms with Crippen LogP contribution in [0, 0.1) is 11.3 Å². The van der Waals surface area contributed by atoms with Crippen molar-refractivity contribution in [1.29, 1.82) is 5.26 Å². The van der Waals surface area contributed by atoms with Gasteiger partial charge in [0.15, 0.2) is 0 Å². The molecule has 146 valence electrons. The van der Waals surface area contributed by atoms with E-state index in [9.17, 15) is 13.2 Å². The van der Waals surface area contributed by atoms with Crippen LogP contribution in [0.25, 0.3) is 11.3 Å². The van der Waals surface area contributed by atoms with Crippen molar-refractivity contribution in [2.24, 2.45) is 0 Å². The lowest BCUT2D eigenvalue weighted by Crippen LogP contribution is -2.14. The Balaban J connectivity index is 2.04. The van der Waals surface area contributed by atoms with Crippen LogP contribution in [0.15, 0.2) is 59.6 Å². The van der Waals surface area contributed by atoms with Gasteiger partial charge in [-0.25, -0.2) is 17.2 Å². The van der Waals surface area contributed by atoms with Gasteiger partial charge in [0.1, 0.15) is 0 Å². The van der Waals surface area contributed by atoms with E-state index in [0.29, 0.717) is 17.7 Å². The summed E-state index contributed by atoms with van der Waals surface area (Å²) in [6, 6.07) is 15.4. The average Bonchev–Trinajstić information content (AvgIpc) is 3.03. The molecule has 1 aliphatic carbocycles. The molecule has 0 N–H and O–H groups in total. The maximum Gasteiger partial charge on any atom is 0.339 e. The Bertz CT molecular complexity index is 1270. The van der Waals surface area contributed by atoms with E-state index in [2.05, 4.69) is 0 Å². The normalized spacial score (nSPS) is 13.0. The van der Waals surface area contributed by atoms with E-state index in [1.54, 1.807) is 6.07 Å². The van der Waals surface area contributed by atoms with Gasteiger partial charge in [0.2, 0.25) is 0 Å². The summed E-state index contributed by atoms with van der Waals surface area (Å²) in [4.78, 5) is 12.4. The zero-order valence-corrected chi connectivity index (χ0v) is 16.6. The summed E-state index contributed by atoms with van der Waals surface area (Å²) >= 11 is 0. The van der Waals surface area contributed by atoms with Crippen LogP contribution in [-0.2, 0) is 27.6 Å². The highest BCUT2D eigenvalue weighted by atomic mass is 32.2. The monoisotopic (exact) mass is 406 g/mol. The maximum atomic E-state index is 13.5. The molecule has 29 heavy (non-hydrogen) atoms. The predicted octanol–water partition coefficient (Wildman–Crippen LogP) is 3.54. The molecule has 3 aromatic rings. The first kappa shape index (κ1) is 19.0. The van der Waals surface area contributed by atoms with Crippen molar-refractivity contribution in [3.63, 3.8) is 0 Å². The minimum Gasteiger partial charge on any atom is -0.465 e. The lowest BCUT2D eigenvalue weighted by atomic mass is 10.0. The Labute approximate surface area is 169 Å². The molecule has 4 rings (SSSR count). The number of nitriles is 1. The number of esters is 1. The molecule has 1 aliphatic rings. The van der Waals surface area contributed by atoms with Crippen LogP contribution in [0.5, 0.6) is 0 Å². The number of aromatic nitrogens is 1. The molecule has 1 aromatic heterocycles. The number of rotatable bonds is 3. The molecular weight excluding hydrogens is 388 g/mol. The summed E-state index contributed by atoms with van der Waals surface area (Å²) in [6.45, 7) is 0. The highest BCUT2D eigenvalue weighted by molar-refractivity contribution is 7.90. The number of hydrogen-bond donors (Lipinski definition) is 0. The van der Waals surface area contributed by atoms with Gasteiger partial charge < -0.3 is 4.74 Å². The smallest absolute Gasteiger partial charge is 0.339 e. The molecule has 0 saturated heterocycles. The second kappa shape index (κ2) is 7.22. The van der Waals surface area contributed by atoms with Gasteiger partial charge in [-0.05, 0) is 48.6 Å². The van der Waals surface area contributed by atoms with Crippen LogP contribution in [0.1, 0.15) is 33.5 Å². The Morgan fingerprint density at radius 1 is 1.14 bits per heavy atom. The second-order valence-corrected chi connectivity index (χ2v) is 8.63. The van der Waals surface area contributed by atoms with Crippen LogP contribution in [0.3, 0.4) is 0 Å². The van der Waals surface area contributed by atoms with Crippen molar-refractivity contribution in [2.45, 2.75) is 24.2 Å². The Morgan fingerprint density at radius 2 is 1.93 bits per heavy atom. The maximum absolute atomic E-state index is 13.5. The minimum absolute atomic E-state index is 0.00695. The Kier molecular flexibility index (Phi) is 4.73. The van der Waals surface area contributed by atoms with Gasteiger partial charge in [-0.15, -0.1) is 0 Å². The third kappa shape index (κ3) is 3.12. The number of aryl methyl sites for hydroxylation is 1. The molecule has 0 radical (unpaired) electrons. The zero-order chi connectivity index (χ0) is 20.6. The summed E-state index contributed by atoms with van der Waals surface area (Å²) in [6.07, 6.45) is 3.49. The van der Waals surface area contributed by atoms with Gasteiger partial charge in [-0.3, -0.25) is 0 Å². The van der Waals surface area contributed by atoms with Crippen molar-refractivity contribution < 1.29 is 17.9 Å². The zero-order valence-electron chi connectivity index (χ0n) is 15.8. The van der Waals surface area contributed by atoms with Gasteiger partial charge in [-0.1, -0.05) is 30.3 Å². The van der Waals surface area contributed by atoms with Crippen LogP contribution < -0.4 is 0 Å². The summed E-state index contributed by atoms with van der Waals surface area (Å²) in [5, 5.41) is 9.15. The fraction of sp³-hybridized carbons (Fsp3) is 0.182. The van der Waals surface area contributed by atoms with E-state index >= 15 is 0 Å². The number of fused-ring (bicyclic) bond motifs is 3. The number of carbonyl (C=O) groups excluding carboxylic acids is 1. The van der Waals surface area contributed by atoms with Crippen LogP contribution in [0.4, 0.5) is 0 Å². The quantitative estimate of drug-likeness (QED) is 0.621. The highest BCUT2D eigenvalue weighted by Gasteiger charge is 2.31. The van der Waals surface area contributed by atoms with Crippen LogP contribution in [-0.4, -0.2) is 25.5 Å². The van der Waals surface area contributed by atoms with E-state index in [1.807, 2.05) is 30.3 Å². The Hall–Kier alpha value is -3.37. The first-order valence-corrected chi connectivity index (χ1v) is 10.6. The number of carbonyl (C=O) groups is 1. The standard InChI is InChI=1S/C22H18N2O4S/c1-28-22(25)20-14-24(29(26,27)17-9-4-6-15(12-17)13-23)21-18-10-3-2-7-16(18)8-5-11-19(20)21/h2-4,6-7,9-10,12,14H,5,8,11H2,1H3. The van der Waals surface area contributed by atoms with Gasteiger partial charge in [0.25, 0.3) is 10.0 Å². The number of nitrogens with zero attached hydrogens (tertiary/aromatic N) is 2. The predicted molar refractivity (Wildman–Crippen MR) is 107 cm³/mol. The third-order valence-corrected chi connectivity index (χ3v) is 6.80. The van der Waals surface area contributed by atoms with Gasteiger partial charge >= 0.3 is 5.97 Å². The summed E-state index contributed by atoms with van der Waals surface area (Å²) < 4.78 is 33.1. The number of ether oxygens (including phenoxy) is 1. The van der Waals surface area contributed by atoms with Crippen molar-refractivity contribution in [3.05, 3.63) is 77.0 Å². The van der Waals surface area contributed by atoms with E-state index in [-0.39, 0.29) is 16.0 Å². The van der Waals surface area contributed by atoms with E-state index in [4.69, 9.17) is 10.00 Å². The molecule has 7 heteroatoms. The summed E-state index contributed by atoms with van der Waals surface area (Å²) in [5.41, 5.74) is 3.47. The molecule has 0 spiro atoms. The molecule has 6 nitrogen and oxygen atoms in total. The number of methoxy groups -OCH3 is 1. The molecule has 0 amide bonds. The second-order valence-electron chi connectivity index (χ2n) is 6.81. The first-order chi connectivity index (χ1) is 14.0. The van der Waals surface area contributed by atoms with E-state index in [0.717, 1.165) is 27.9 Å². The van der Waals surface area contributed by atoms with Crippen molar-refractivity contribution >= 4 is 16.0 Å². The van der Waals surface area contributed by atoms with Crippen molar-refractivity contribution in [3.8, 4) is 17.3 Å². The molecule has 0 bridgehead atoms. The third-order valence-electron chi connectivity index (χ3n) is 5.15. The molecule has 0 fully saturated rings.